The van der Waals surface area contributed by atoms with Crippen molar-refractivity contribution in [3.05, 3.63) is 169 Å². The third kappa shape index (κ3) is 12.2. The Hall–Kier alpha value is -5.35. The van der Waals surface area contributed by atoms with Crippen LogP contribution in [0.4, 0.5) is 0 Å². The van der Waals surface area contributed by atoms with Crippen LogP contribution in [0.25, 0.3) is 76.8 Å². The lowest BCUT2D eigenvalue weighted by molar-refractivity contribution is 0.0641. The van der Waals surface area contributed by atoms with Crippen LogP contribution >= 0.6 is 0 Å². The lowest BCUT2D eigenvalue weighted by Gasteiger charge is -2.28. The molecular weight excluding hydrogens is 929 g/mol. The predicted octanol–water partition coefficient (Wildman–Crippen LogP) is 15.7. The Labute approximate surface area is 429 Å². The predicted molar refractivity (Wildman–Crippen MR) is 300 cm³/mol. The molecule has 0 bridgehead atoms. The molecule has 0 aromatic heterocycles. The van der Waals surface area contributed by atoms with E-state index in [0.29, 0.717) is 78.2 Å². The molecule has 0 heterocycles. The van der Waals surface area contributed by atoms with E-state index in [1.54, 1.807) is 0 Å². The van der Waals surface area contributed by atoms with Crippen LogP contribution in [0.3, 0.4) is 0 Å². The van der Waals surface area contributed by atoms with Gasteiger partial charge in [-0.1, -0.05) is 146 Å². The Morgan fingerprint density at radius 3 is 0.931 bits per heavy atom. The molecule has 376 valence electrons. The van der Waals surface area contributed by atoms with E-state index in [2.05, 4.69) is 158 Å². The minimum atomic E-state index is -2.76. The fourth-order valence-electron chi connectivity index (χ4n) is 10.3. The van der Waals surface area contributed by atoms with Crippen LogP contribution in [-0.4, -0.2) is 70.5 Å². The maximum atomic E-state index is 6.45. The summed E-state index contributed by atoms with van der Waals surface area (Å²) < 4.78 is 49.7. The smallest absolute Gasteiger partial charge is 0.377 e. The molecular formula is C62H72O8Si2. The van der Waals surface area contributed by atoms with E-state index >= 15 is 0 Å². The number of hydrogen-bond acceptors (Lipinski definition) is 8. The van der Waals surface area contributed by atoms with E-state index in [0.717, 1.165) is 35.1 Å². The van der Waals surface area contributed by atoms with Crippen molar-refractivity contribution in [1.82, 2.24) is 0 Å². The van der Waals surface area contributed by atoms with Crippen molar-refractivity contribution in [3.8, 4) is 44.5 Å². The van der Waals surface area contributed by atoms with Gasteiger partial charge >= 0.3 is 17.6 Å². The Bertz CT molecular complexity index is 2750. The van der Waals surface area contributed by atoms with Gasteiger partial charge in [0.05, 0.1) is 13.2 Å². The molecule has 0 saturated carbocycles. The zero-order valence-corrected chi connectivity index (χ0v) is 45.2. The fraction of sp³-hybridized carbons (Fsp3) is 0.323. The SMILES string of the molecule is CCO[Si](CCCOCc1cccc(-c2c3ccccc3c(-c3cccc(COCCC[Si](OCC)(OCC)OCC)c3)c3c(-c4ccccc4)c4ccccc4c(-c4ccccc4)c23)c1)(OCC)OCC. The number of hydrogen-bond donors (Lipinski definition) is 0. The lowest BCUT2D eigenvalue weighted by atomic mass is 9.77. The van der Waals surface area contributed by atoms with Gasteiger partial charge in [-0.25, -0.2) is 0 Å². The summed E-state index contributed by atoms with van der Waals surface area (Å²) in [7, 11) is -5.53. The van der Waals surface area contributed by atoms with Crippen molar-refractivity contribution in [1.29, 1.82) is 0 Å². The summed E-state index contributed by atoms with van der Waals surface area (Å²) in [6.07, 6.45) is 1.57. The molecule has 0 aliphatic carbocycles. The second-order valence-electron chi connectivity index (χ2n) is 17.8. The van der Waals surface area contributed by atoms with Crippen molar-refractivity contribution in [2.24, 2.45) is 0 Å². The summed E-state index contributed by atoms with van der Waals surface area (Å²) in [5, 5.41) is 7.19. The van der Waals surface area contributed by atoms with Gasteiger partial charge in [-0.3, -0.25) is 0 Å². The van der Waals surface area contributed by atoms with Crippen LogP contribution in [0.2, 0.25) is 12.1 Å². The molecule has 8 aromatic carbocycles. The second kappa shape index (κ2) is 26.0. The first-order chi connectivity index (χ1) is 35.4. The molecule has 72 heavy (non-hydrogen) atoms. The number of fused-ring (bicyclic) bond motifs is 3. The molecule has 0 saturated heterocycles. The maximum absolute atomic E-state index is 6.45. The maximum Gasteiger partial charge on any atom is 0.501 e. The van der Waals surface area contributed by atoms with Crippen LogP contribution in [0.15, 0.2) is 158 Å². The van der Waals surface area contributed by atoms with Crippen molar-refractivity contribution in [2.45, 2.75) is 79.7 Å². The van der Waals surface area contributed by atoms with Crippen LogP contribution in [0.5, 0.6) is 0 Å². The van der Waals surface area contributed by atoms with Gasteiger partial charge in [-0.15, -0.1) is 0 Å². The quantitative estimate of drug-likeness (QED) is 0.0273. The highest BCUT2D eigenvalue weighted by Gasteiger charge is 2.40. The van der Waals surface area contributed by atoms with E-state index in [-0.39, 0.29) is 0 Å². The first-order valence-electron chi connectivity index (χ1n) is 26.1. The van der Waals surface area contributed by atoms with Crippen molar-refractivity contribution in [2.75, 3.05) is 52.9 Å². The van der Waals surface area contributed by atoms with Gasteiger partial charge in [0.25, 0.3) is 0 Å². The monoisotopic (exact) mass is 1000 g/mol. The van der Waals surface area contributed by atoms with Crippen molar-refractivity contribution < 1.29 is 36.0 Å². The third-order valence-electron chi connectivity index (χ3n) is 13.0. The zero-order valence-electron chi connectivity index (χ0n) is 43.2. The van der Waals surface area contributed by atoms with Crippen LogP contribution in [0, 0.1) is 0 Å². The van der Waals surface area contributed by atoms with Gasteiger partial charge in [0.2, 0.25) is 0 Å². The molecule has 0 aliphatic rings. The molecule has 8 aromatic rings. The first-order valence-corrected chi connectivity index (χ1v) is 30.0. The number of rotatable bonds is 28. The highest BCUT2D eigenvalue weighted by Crippen LogP contribution is 2.53. The molecule has 0 radical (unpaired) electrons. The highest BCUT2D eigenvalue weighted by molar-refractivity contribution is 6.61. The second-order valence-corrected chi connectivity index (χ2v) is 23.2. The van der Waals surface area contributed by atoms with E-state index < -0.39 is 17.6 Å². The van der Waals surface area contributed by atoms with Gasteiger partial charge in [-0.2, -0.15) is 0 Å². The van der Waals surface area contributed by atoms with Gasteiger partial charge in [0.15, 0.2) is 0 Å². The topological polar surface area (TPSA) is 73.8 Å². The molecule has 0 unspecified atom stereocenters. The first kappa shape index (κ1) is 53.0. The lowest BCUT2D eigenvalue weighted by Crippen LogP contribution is -2.46. The Morgan fingerprint density at radius 2 is 0.611 bits per heavy atom. The molecule has 0 aliphatic heterocycles. The normalized spacial score (nSPS) is 12.1. The molecule has 10 heteroatoms. The van der Waals surface area contributed by atoms with E-state index in [1.165, 1.54) is 65.7 Å². The number of ether oxygens (including phenoxy) is 2. The summed E-state index contributed by atoms with van der Waals surface area (Å²) in [4.78, 5) is 0. The third-order valence-corrected chi connectivity index (χ3v) is 19.3. The molecule has 0 fully saturated rings. The van der Waals surface area contributed by atoms with E-state index in [4.69, 9.17) is 36.0 Å². The molecule has 0 spiro atoms. The van der Waals surface area contributed by atoms with Crippen LogP contribution in [-0.2, 0) is 49.2 Å². The molecule has 8 nitrogen and oxygen atoms in total. The van der Waals surface area contributed by atoms with Gasteiger partial charge in [0, 0.05) is 64.9 Å². The Morgan fingerprint density at radius 1 is 0.319 bits per heavy atom. The van der Waals surface area contributed by atoms with Gasteiger partial charge in [0.1, 0.15) is 0 Å². The molecule has 8 rings (SSSR count). The largest absolute Gasteiger partial charge is 0.501 e. The van der Waals surface area contributed by atoms with Crippen LogP contribution < -0.4 is 0 Å². The summed E-state index contributed by atoms with van der Waals surface area (Å²) in [6, 6.07) is 59.1. The fourth-order valence-corrected chi connectivity index (χ4v) is 15.5. The van der Waals surface area contributed by atoms with Crippen LogP contribution in [0.1, 0.15) is 65.5 Å². The van der Waals surface area contributed by atoms with Gasteiger partial charge < -0.3 is 36.0 Å². The average molecular weight is 1000 g/mol. The average Bonchev–Trinajstić information content (AvgIpc) is 3.40. The molecule has 0 N–H and O–H groups in total. The minimum Gasteiger partial charge on any atom is -0.377 e. The Balaban J connectivity index is 1.27. The number of benzene rings is 8. The van der Waals surface area contributed by atoms with Gasteiger partial charge in [-0.05, 0) is 154 Å². The van der Waals surface area contributed by atoms with E-state index in [1.807, 2.05) is 41.5 Å². The van der Waals surface area contributed by atoms with Crippen molar-refractivity contribution >= 4 is 49.9 Å². The van der Waals surface area contributed by atoms with E-state index in [9.17, 15) is 0 Å². The summed E-state index contributed by atoms with van der Waals surface area (Å²) in [6.45, 7) is 17.4. The van der Waals surface area contributed by atoms with Crippen molar-refractivity contribution in [3.63, 3.8) is 0 Å². The Kier molecular flexibility index (Phi) is 19.2. The molecule has 0 atom stereocenters. The summed E-state index contributed by atoms with van der Waals surface area (Å²) in [5.74, 6) is 0. The molecule has 0 amide bonds. The standard InChI is InChI=1S/C62H72O8Si2/c1-7-65-71(66-8-2,67-9-3)41-25-39-63-45-47-27-23-33-51(43-47)59-55-37-21-22-38-56(55)60(52-34-24-28-48(44-52)46-64-40-26-42-72(68-10-4,69-11-5)70-12-6)62-58(50-31-17-14-18-32-50)54-36-20-19-35-53(54)57(61(59)62)49-29-15-13-16-30-49/h13-24,27-38,43-44H,7-12,25-26,39-42,45-46H2,1-6H3. The minimum absolute atomic E-state index is 0.473. The summed E-state index contributed by atoms with van der Waals surface area (Å²) >= 11 is 0. The highest BCUT2D eigenvalue weighted by atomic mass is 28.4. The summed E-state index contributed by atoms with van der Waals surface area (Å²) in [5.41, 5.74) is 11.6. The zero-order chi connectivity index (χ0) is 50.2.